The molecule has 9 heavy (non-hydrogen) atoms. The van der Waals surface area contributed by atoms with Crippen molar-refractivity contribution in [1.82, 2.24) is 0 Å². The van der Waals surface area contributed by atoms with Gasteiger partial charge in [-0.2, -0.15) is 0 Å². The Morgan fingerprint density at radius 2 is 2.11 bits per heavy atom. The number of ether oxygens (including phenoxy) is 2. The Morgan fingerprint density at radius 1 is 1.33 bits per heavy atom. The van der Waals surface area contributed by atoms with Gasteiger partial charge in [-0.15, -0.1) is 23.2 Å². The van der Waals surface area contributed by atoms with Crippen LogP contribution >= 0.6 is 23.2 Å². The first-order valence-electron chi connectivity index (χ1n) is 2.76. The van der Waals surface area contributed by atoms with E-state index in [1.54, 1.807) is 0 Å². The summed E-state index contributed by atoms with van der Waals surface area (Å²) in [6.45, 7) is 0.570. The molecule has 0 spiro atoms. The van der Waals surface area contributed by atoms with Crippen LogP contribution in [-0.4, -0.2) is 30.8 Å². The third-order valence-electron chi connectivity index (χ3n) is 1.11. The topological polar surface area (TPSA) is 18.5 Å². The van der Waals surface area contributed by atoms with E-state index in [0.717, 1.165) is 0 Å². The van der Waals surface area contributed by atoms with Crippen molar-refractivity contribution in [3.8, 4) is 0 Å². The van der Waals surface area contributed by atoms with E-state index in [1.165, 1.54) is 0 Å². The molecule has 0 amide bonds. The highest BCUT2D eigenvalue weighted by Crippen LogP contribution is 2.13. The Labute approximate surface area is 64.0 Å². The fraction of sp³-hybridized carbons (Fsp3) is 1.00. The molecule has 0 unspecified atom stereocenters. The number of rotatable bonds is 2. The zero-order valence-corrected chi connectivity index (χ0v) is 6.36. The van der Waals surface area contributed by atoms with Crippen LogP contribution in [0.25, 0.3) is 0 Å². The maximum atomic E-state index is 5.48. The first-order chi connectivity index (χ1) is 4.36. The Hall–Kier alpha value is 0.500. The molecule has 0 radical (unpaired) electrons. The van der Waals surface area contributed by atoms with Crippen LogP contribution in [0.4, 0.5) is 0 Å². The van der Waals surface area contributed by atoms with Crippen molar-refractivity contribution in [3.63, 3.8) is 0 Å². The lowest BCUT2D eigenvalue weighted by Crippen LogP contribution is -2.14. The smallest absolute Gasteiger partial charge is 0.171 e. The predicted molar refractivity (Wildman–Crippen MR) is 36.1 cm³/mol. The van der Waals surface area contributed by atoms with Crippen LogP contribution in [0, 0.1) is 0 Å². The lowest BCUT2D eigenvalue weighted by Gasteiger charge is -2.04. The van der Waals surface area contributed by atoms with Gasteiger partial charge in [-0.05, 0) is 0 Å². The van der Waals surface area contributed by atoms with Crippen LogP contribution in [0.15, 0.2) is 0 Å². The van der Waals surface area contributed by atoms with Crippen molar-refractivity contribution in [2.24, 2.45) is 0 Å². The quantitative estimate of drug-likeness (QED) is 0.581. The highest BCUT2D eigenvalue weighted by molar-refractivity contribution is 6.18. The molecule has 0 saturated carbocycles. The lowest BCUT2D eigenvalue weighted by molar-refractivity contribution is -0.0356. The van der Waals surface area contributed by atoms with Gasteiger partial charge in [-0.3, -0.25) is 0 Å². The molecule has 2 atom stereocenters. The van der Waals surface area contributed by atoms with Crippen molar-refractivity contribution in [2.45, 2.75) is 12.4 Å². The van der Waals surface area contributed by atoms with E-state index < -0.39 is 0 Å². The molecule has 4 heteroatoms. The van der Waals surface area contributed by atoms with Crippen molar-refractivity contribution in [1.29, 1.82) is 0 Å². The van der Waals surface area contributed by atoms with Crippen LogP contribution in [0.5, 0.6) is 0 Å². The molecule has 1 fully saturated rings. The maximum absolute atomic E-state index is 5.48. The van der Waals surface area contributed by atoms with Gasteiger partial charge in [0.1, 0.15) is 0 Å². The molecule has 0 aliphatic carbocycles. The average molecular weight is 171 g/mol. The molecule has 0 N–H and O–H groups in total. The first-order valence-corrected chi connectivity index (χ1v) is 3.82. The summed E-state index contributed by atoms with van der Waals surface area (Å²) >= 11 is 10.9. The first kappa shape index (κ1) is 7.61. The maximum Gasteiger partial charge on any atom is 0.171 e. The Morgan fingerprint density at radius 3 is 2.44 bits per heavy atom. The minimum atomic E-state index is -0.240. The number of alkyl halides is 2. The molecule has 2 nitrogen and oxygen atoms in total. The molecule has 0 aromatic carbocycles. The summed E-state index contributed by atoms with van der Waals surface area (Å²) in [6.07, 6.45) is -0.203. The van der Waals surface area contributed by atoms with E-state index in [2.05, 4.69) is 0 Å². The van der Waals surface area contributed by atoms with Crippen molar-refractivity contribution in [2.75, 3.05) is 18.4 Å². The molecule has 1 aliphatic heterocycles. The van der Waals surface area contributed by atoms with E-state index in [1.807, 2.05) is 0 Å². The van der Waals surface area contributed by atoms with Gasteiger partial charge in [0.15, 0.2) is 6.29 Å². The summed E-state index contributed by atoms with van der Waals surface area (Å²) in [6, 6.07) is 0. The second kappa shape index (κ2) is 3.62. The standard InChI is InChI=1S/C5H8Cl2O2/c6-1-4-3-8-5(2-7)9-4/h4-5H,1-3H2/t4-,5-/m1/s1. The van der Waals surface area contributed by atoms with Gasteiger partial charge in [0.2, 0.25) is 0 Å². The summed E-state index contributed by atoms with van der Waals surface area (Å²) in [5, 5.41) is 0. The SMILES string of the molecule is ClC[C@@H]1CO[C@@H](CCl)O1. The van der Waals surface area contributed by atoms with Crippen molar-refractivity contribution >= 4 is 23.2 Å². The lowest BCUT2D eigenvalue weighted by atomic mass is 10.4. The van der Waals surface area contributed by atoms with Gasteiger partial charge < -0.3 is 9.47 Å². The monoisotopic (exact) mass is 170 g/mol. The van der Waals surface area contributed by atoms with Gasteiger partial charge in [0.05, 0.1) is 24.5 Å². The van der Waals surface area contributed by atoms with Gasteiger partial charge >= 0.3 is 0 Å². The molecular formula is C5H8Cl2O2. The Balaban J connectivity index is 2.20. The van der Waals surface area contributed by atoms with E-state index in [4.69, 9.17) is 32.7 Å². The van der Waals surface area contributed by atoms with Crippen LogP contribution in [0.3, 0.4) is 0 Å². The fourth-order valence-corrected chi connectivity index (χ4v) is 0.993. The van der Waals surface area contributed by atoms with Crippen LogP contribution in [0.2, 0.25) is 0 Å². The summed E-state index contributed by atoms with van der Waals surface area (Å²) in [7, 11) is 0. The largest absolute Gasteiger partial charge is 0.349 e. The molecule has 1 heterocycles. The van der Waals surface area contributed by atoms with Gasteiger partial charge in [-0.25, -0.2) is 0 Å². The molecule has 0 bridgehead atoms. The summed E-state index contributed by atoms with van der Waals surface area (Å²) in [5.74, 6) is 0.862. The van der Waals surface area contributed by atoms with E-state index in [0.29, 0.717) is 18.4 Å². The number of halogens is 2. The van der Waals surface area contributed by atoms with E-state index >= 15 is 0 Å². The van der Waals surface area contributed by atoms with Crippen LogP contribution in [0.1, 0.15) is 0 Å². The zero-order chi connectivity index (χ0) is 6.69. The minimum Gasteiger partial charge on any atom is -0.349 e. The van der Waals surface area contributed by atoms with Gasteiger partial charge in [-0.1, -0.05) is 0 Å². The summed E-state index contributed by atoms with van der Waals surface area (Å²) < 4.78 is 10.2. The number of hydrogen-bond acceptors (Lipinski definition) is 2. The Kier molecular flexibility index (Phi) is 3.06. The molecule has 1 saturated heterocycles. The third-order valence-corrected chi connectivity index (χ3v) is 1.71. The van der Waals surface area contributed by atoms with Gasteiger partial charge in [0.25, 0.3) is 0 Å². The molecule has 54 valence electrons. The molecule has 0 aromatic heterocycles. The average Bonchev–Trinajstić information content (AvgIpc) is 2.34. The molecule has 1 rings (SSSR count). The zero-order valence-electron chi connectivity index (χ0n) is 4.85. The normalized spacial score (nSPS) is 35.3. The highest BCUT2D eigenvalue weighted by atomic mass is 35.5. The van der Waals surface area contributed by atoms with Gasteiger partial charge in [0, 0.05) is 0 Å². The van der Waals surface area contributed by atoms with Crippen molar-refractivity contribution < 1.29 is 9.47 Å². The highest BCUT2D eigenvalue weighted by Gasteiger charge is 2.23. The van der Waals surface area contributed by atoms with E-state index in [-0.39, 0.29) is 12.4 Å². The summed E-state index contributed by atoms with van der Waals surface area (Å²) in [4.78, 5) is 0. The number of hydrogen-bond donors (Lipinski definition) is 0. The van der Waals surface area contributed by atoms with Crippen LogP contribution < -0.4 is 0 Å². The Bertz CT molecular complexity index is 79.0. The molecular weight excluding hydrogens is 163 g/mol. The second-order valence-electron chi connectivity index (χ2n) is 1.83. The minimum absolute atomic E-state index is 0.0374. The predicted octanol–water partition coefficient (Wildman–Crippen LogP) is 1.21. The second-order valence-corrected chi connectivity index (χ2v) is 2.45. The van der Waals surface area contributed by atoms with Crippen LogP contribution in [-0.2, 0) is 9.47 Å². The fourth-order valence-electron chi connectivity index (χ4n) is 0.670. The molecule has 1 aliphatic rings. The van der Waals surface area contributed by atoms with E-state index in [9.17, 15) is 0 Å². The third kappa shape index (κ3) is 1.97. The summed E-state index contributed by atoms with van der Waals surface area (Å²) in [5.41, 5.74) is 0. The van der Waals surface area contributed by atoms with Crippen molar-refractivity contribution in [3.05, 3.63) is 0 Å². The molecule has 0 aromatic rings.